The SMILES string of the molecule is Cc1ccc(N(CC(=O)N(Cc2ccc(F)cc2)[C@@H](C)C(=O)NC2CCCC2)S(=O)(=O)c2ccc(Cl)cc2)cc1C. The van der Waals surface area contributed by atoms with E-state index in [1.807, 2.05) is 13.8 Å². The number of benzene rings is 3. The van der Waals surface area contributed by atoms with Gasteiger partial charge in [0.15, 0.2) is 0 Å². The van der Waals surface area contributed by atoms with Crippen LogP contribution in [0.5, 0.6) is 0 Å². The van der Waals surface area contributed by atoms with Gasteiger partial charge in [-0.3, -0.25) is 13.9 Å². The first-order chi connectivity index (χ1) is 19.5. The molecule has 1 aliphatic carbocycles. The number of nitrogens with zero attached hydrogens (tertiary/aromatic N) is 2. The van der Waals surface area contributed by atoms with Crippen LogP contribution in [0.25, 0.3) is 0 Å². The third kappa shape index (κ3) is 7.45. The van der Waals surface area contributed by atoms with E-state index < -0.39 is 34.3 Å². The minimum absolute atomic E-state index is 0.000124. The predicted octanol–water partition coefficient (Wildman–Crippen LogP) is 5.77. The van der Waals surface area contributed by atoms with Crippen molar-refractivity contribution in [2.45, 2.75) is 70.0 Å². The lowest BCUT2D eigenvalue weighted by Crippen LogP contribution is -2.52. The predicted molar refractivity (Wildman–Crippen MR) is 159 cm³/mol. The summed E-state index contributed by atoms with van der Waals surface area (Å²) in [6, 6.07) is 15.7. The molecule has 1 N–H and O–H groups in total. The van der Waals surface area contributed by atoms with Gasteiger partial charge in [0.25, 0.3) is 10.0 Å². The number of hydrogen-bond donors (Lipinski definition) is 1. The van der Waals surface area contributed by atoms with Gasteiger partial charge < -0.3 is 10.2 Å². The molecule has 3 aromatic carbocycles. The van der Waals surface area contributed by atoms with Crippen molar-refractivity contribution in [1.82, 2.24) is 10.2 Å². The maximum atomic E-state index is 14.0. The van der Waals surface area contributed by atoms with Crippen LogP contribution in [0.3, 0.4) is 0 Å². The highest BCUT2D eigenvalue weighted by Crippen LogP contribution is 2.27. The van der Waals surface area contributed by atoms with Crippen molar-refractivity contribution in [2.75, 3.05) is 10.8 Å². The quantitative estimate of drug-likeness (QED) is 0.321. The fraction of sp³-hybridized carbons (Fsp3) is 0.355. The molecule has 3 aromatic rings. The molecule has 0 saturated heterocycles. The molecule has 7 nitrogen and oxygen atoms in total. The lowest BCUT2D eigenvalue weighted by molar-refractivity contribution is -0.139. The largest absolute Gasteiger partial charge is 0.352 e. The first kappa shape index (κ1) is 30.5. The van der Waals surface area contributed by atoms with Gasteiger partial charge in [0.2, 0.25) is 11.8 Å². The second kappa shape index (κ2) is 13.0. The van der Waals surface area contributed by atoms with E-state index in [1.54, 1.807) is 37.3 Å². The fourth-order valence-electron chi connectivity index (χ4n) is 4.90. The molecule has 1 saturated carbocycles. The monoisotopic (exact) mass is 599 g/mol. The summed E-state index contributed by atoms with van der Waals surface area (Å²) in [7, 11) is -4.20. The van der Waals surface area contributed by atoms with Gasteiger partial charge in [0.05, 0.1) is 10.6 Å². The van der Waals surface area contributed by atoms with Crippen LogP contribution in [-0.2, 0) is 26.2 Å². The summed E-state index contributed by atoms with van der Waals surface area (Å²) in [5.41, 5.74) is 2.76. The third-order valence-corrected chi connectivity index (χ3v) is 9.63. The molecule has 1 atom stereocenters. The Morgan fingerprint density at radius 1 is 0.976 bits per heavy atom. The average molecular weight is 600 g/mol. The molecule has 41 heavy (non-hydrogen) atoms. The number of carbonyl (C=O) groups is 2. The number of aryl methyl sites for hydroxylation is 2. The van der Waals surface area contributed by atoms with Gasteiger partial charge in [-0.15, -0.1) is 0 Å². The Bertz CT molecular complexity index is 1490. The zero-order chi connectivity index (χ0) is 29.7. The number of rotatable bonds is 10. The normalized spacial score (nSPS) is 14.5. The molecule has 10 heteroatoms. The van der Waals surface area contributed by atoms with E-state index in [2.05, 4.69) is 5.32 Å². The highest BCUT2D eigenvalue weighted by atomic mass is 35.5. The molecule has 218 valence electrons. The number of sulfonamides is 1. The van der Waals surface area contributed by atoms with Crippen LogP contribution < -0.4 is 9.62 Å². The van der Waals surface area contributed by atoms with Crippen LogP contribution in [0.4, 0.5) is 10.1 Å². The Hall–Kier alpha value is -3.43. The lowest BCUT2D eigenvalue weighted by Gasteiger charge is -2.32. The Kier molecular flexibility index (Phi) is 9.71. The molecule has 0 unspecified atom stereocenters. The van der Waals surface area contributed by atoms with Crippen molar-refractivity contribution in [3.63, 3.8) is 0 Å². The van der Waals surface area contributed by atoms with E-state index >= 15 is 0 Å². The van der Waals surface area contributed by atoms with E-state index in [0.717, 1.165) is 41.1 Å². The Labute approximate surface area is 246 Å². The van der Waals surface area contributed by atoms with Gasteiger partial charge in [0.1, 0.15) is 18.4 Å². The van der Waals surface area contributed by atoms with Crippen molar-refractivity contribution in [2.24, 2.45) is 0 Å². The second-order valence-electron chi connectivity index (χ2n) is 10.5. The van der Waals surface area contributed by atoms with Crippen LogP contribution >= 0.6 is 11.6 Å². The van der Waals surface area contributed by atoms with Crippen molar-refractivity contribution in [3.05, 3.63) is 94.3 Å². The van der Waals surface area contributed by atoms with Crippen LogP contribution in [0.2, 0.25) is 5.02 Å². The summed E-state index contributed by atoms with van der Waals surface area (Å²) in [5.74, 6) is -1.31. The number of carbonyl (C=O) groups excluding carboxylic acids is 2. The smallest absolute Gasteiger partial charge is 0.264 e. The molecular weight excluding hydrogens is 565 g/mol. The highest BCUT2D eigenvalue weighted by molar-refractivity contribution is 7.92. The van der Waals surface area contributed by atoms with Gasteiger partial charge >= 0.3 is 0 Å². The molecule has 1 aliphatic rings. The molecule has 0 spiro atoms. The summed E-state index contributed by atoms with van der Waals surface area (Å²) in [6.45, 7) is 4.86. The van der Waals surface area contributed by atoms with Crippen LogP contribution in [-0.4, -0.2) is 43.8 Å². The Morgan fingerprint density at radius 3 is 2.22 bits per heavy atom. The lowest BCUT2D eigenvalue weighted by atomic mass is 10.1. The number of nitrogens with one attached hydrogen (secondary N) is 1. The summed E-state index contributed by atoms with van der Waals surface area (Å²) >= 11 is 6.00. The molecule has 2 amide bonds. The molecule has 0 heterocycles. The number of hydrogen-bond acceptors (Lipinski definition) is 4. The first-order valence-corrected chi connectivity index (χ1v) is 15.5. The molecule has 0 aliphatic heterocycles. The Balaban J connectivity index is 1.70. The molecule has 0 radical (unpaired) electrons. The fourth-order valence-corrected chi connectivity index (χ4v) is 6.44. The highest BCUT2D eigenvalue weighted by Gasteiger charge is 2.33. The number of amides is 2. The molecule has 0 aromatic heterocycles. The molecule has 4 rings (SSSR count). The summed E-state index contributed by atoms with van der Waals surface area (Å²) < 4.78 is 42.5. The summed E-state index contributed by atoms with van der Waals surface area (Å²) in [6.07, 6.45) is 3.82. The van der Waals surface area contributed by atoms with E-state index in [4.69, 9.17) is 11.6 Å². The van der Waals surface area contributed by atoms with E-state index in [-0.39, 0.29) is 23.4 Å². The molecule has 1 fully saturated rings. The van der Waals surface area contributed by atoms with Gasteiger partial charge in [-0.1, -0.05) is 42.6 Å². The average Bonchev–Trinajstić information content (AvgIpc) is 3.45. The van der Waals surface area contributed by atoms with Crippen LogP contribution in [0.15, 0.2) is 71.6 Å². The summed E-state index contributed by atoms with van der Waals surface area (Å²) in [4.78, 5) is 28.6. The van der Waals surface area contributed by atoms with Crippen LogP contribution in [0, 0.1) is 19.7 Å². The minimum Gasteiger partial charge on any atom is -0.352 e. The number of anilines is 1. The Morgan fingerprint density at radius 2 is 1.61 bits per heavy atom. The maximum Gasteiger partial charge on any atom is 0.264 e. The van der Waals surface area contributed by atoms with Crippen molar-refractivity contribution in [1.29, 1.82) is 0 Å². The van der Waals surface area contributed by atoms with Crippen molar-refractivity contribution >= 4 is 39.1 Å². The van der Waals surface area contributed by atoms with Crippen molar-refractivity contribution < 1.29 is 22.4 Å². The van der Waals surface area contributed by atoms with E-state index in [9.17, 15) is 22.4 Å². The first-order valence-electron chi connectivity index (χ1n) is 13.7. The number of halogens is 2. The third-order valence-electron chi connectivity index (χ3n) is 7.59. The van der Waals surface area contributed by atoms with Gasteiger partial charge in [-0.25, -0.2) is 12.8 Å². The molecular formula is C31H35ClFN3O4S. The van der Waals surface area contributed by atoms with Gasteiger partial charge in [0, 0.05) is 17.6 Å². The summed E-state index contributed by atoms with van der Waals surface area (Å²) in [5, 5.41) is 3.41. The van der Waals surface area contributed by atoms with E-state index in [0.29, 0.717) is 16.3 Å². The van der Waals surface area contributed by atoms with Crippen LogP contribution in [0.1, 0.15) is 49.3 Å². The second-order valence-corrected chi connectivity index (χ2v) is 12.8. The van der Waals surface area contributed by atoms with Gasteiger partial charge in [-0.2, -0.15) is 0 Å². The molecule has 0 bridgehead atoms. The van der Waals surface area contributed by atoms with Crippen molar-refractivity contribution in [3.8, 4) is 0 Å². The van der Waals surface area contributed by atoms with Gasteiger partial charge in [-0.05, 0) is 98.8 Å². The zero-order valence-corrected chi connectivity index (χ0v) is 25.0. The maximum absolute atomic E-state index is 14.0. The minimum atomic E-state index is -4.20. The standard InChI is InChI=1S/C31H35ClFN3O4S/c1-21-8-15-28(18-22(21)2)36(41(39,40)29-16-11-25(32)12-17-29)20-30(37)35(19-24-9-13-26(33)14-10-24)23(3)31(38)34-27-6-4-5-7-27/h8-18,23,27H,4-7,19-20H2,1-3H3,(H,34,38)/t23-/m0/s1. The topological polar surface area (TPSA) is 86.8 Å². The van der Waals surface area contributed by atoms with E-state index in [1.165, 1.54) is 41.3 Å². The zero-order valence-electron chi connectivity index (χ0n) is 23.4.